The molecule has 0 saturated carbocycles. The van der Waals surface area contributed by atoms with E-state index in [1.165, 1.54) is 0 Å². The Morgan fingerprint density at radius 3 is 2.82 bits per heavy atom. The number of hydrogen-bond acceptors (Lipinski definition) is 5. The van der Waals surface area contributed by atoms with Crippen LogP contribution in [0, 0.1) is 6.92 Å². The summed E-state index contributed by atoms with van der Waals surface area (Å²) in [7, 11) is 3.72. The van der Waals surface area contributed by atoms with Crippen molar-refractivity contribution in [2.75, 3.05) is 12.4 Å². The summed E-state index contributed by atoms with van der Waals surface area (Å²) in [6, 6.07) is 2.03. The Hall–Kier alpha value is -1.08. The molecule has 0 spiro atoms. The highest BCUT2D eigenvalue weighted by molar-refractivity contribution is 9.10. The molecule has 7 heteroatoms. The van der Waals surface area contributed by atoms with Gasteiger partial charge >= 0.3 is 0 Å². The third-order valence-electron chi connectivity index (χ3n) is 2.10. The molecule has 0 aromatic carbocycles. The maximum atomic E-state index is 4.39. The summed E-state index contributed by atoms with van der Waals surface area (Å²) >= 11 is 5.00. The highest BCUT2D eigenvalue weighted by Gasteiger charge is 2.10. The quantitative estimate of drug-likeness (QED) is 0.882. The van der Waals surface area contributed by atoms with Crippen molar-refractivity contribution in [3.8, 4) is 0 Å². The fourth-order valence-corrected chi connectivity index (χ4v) is 2.64. The second kappa shape index (κ2) is 5.05. The first-order chi connectivity index (χ1) is 8.10. The lowest BCUT2D eigenvalue weighted by Crippen LogP contribution is -1.98. The number of nitrogens with zero attached hydrogens (tertiary/aromatic N) is 4. The molecule has 0 unspecified atom stereocenters. The van der Waals surface area contributed by atoms with Gasteiger partial charge in [-0.25, -0.2) is 9.97 Å². The summed E-state index contributed by atoms with van der Waals surface area (Å²) in [6.07, 6.45) is 1.74. The van der Waals surface area contributed by atoms with Gasteiger partial charge in [-0.1, -0.05) is 0 Å². The molecule has 0 atom stereocenters. The van der Waals surface area contributed by atoms with Crippen molar-refractivity contribution in [1.29, 1.82) is 0 Å². The van der Waals surface area contributed by atoms with Crippen molar-refractivity contribution in [2.45, 2.75) is 17.0 Å². The predicted octanol–water partition coefficient (Wildman–Crippen LogP) is 2.47. The molecular formula is C10H12BrN5S. The van der Waals surface area contributed by atoms with Gasteiger partial charge in [0.1, 0.15) is 10.1 Å². The second-order valence-electron chi connectivity index (χ2n) is 3.45. The van der Waals surface area contributed by atoms with Gasteiger partial charge in [-0.05, 0) is 40.7 Å². The highest BCUT2D eigenvalue weighted by Crippen LogP contribution is 2.32. The molecule has 0 radical (unpaired) electrons. The van der Waals surface area contributed by atoms with Gasteiger partial charge in [-0.15, -0.1) is 0 Å². The number of halogens is 1. The van der Waals surface area contributed by atoms with Gasteiger partial charge in [0, 0.05) is 20.3 Å². The van der Waals surface area contributed by atoms with Crippen molar-refractivity contribution in [3.63, 3.8) is 0 Å². The third kappa shape index (κ3) is 2.78. The molecule has 0 bridgehead atoms. The normalized spacial score (nSPS) is 10.6. The third-order valence-corrected chi connectivity index (χ3v) is 4.03. The van der Waals surface area contributed by atoms with Gasteiger partial charge < -0.3 is 5.32 Å². The van der Waals surface area contributed by atoms with Gasteiger partial charge in [0.25, 0.3) is 0 Å². The average molecular weight is 314 g/mol. The van der Waals surface area contributed by atoms with Crippen LogP contribution in [-0.2, 0) is 7.05 Å². The first kappa shape index (κ1) is 12.4. The van der Waals surface area contributed by atoms with E-state index < -0.39 is 0 Å². The molecule has 2 aromatic heterocycles. The maximum absolute atomic E-state index is 4.39. The molecule has 0 saturated heterocycles. The zero-order valence-electron chi connectivity index (χ0n) is 9.73. The molecule has 5 nitrogen and oxygen atoms in total. The topological polar surface area (TPSA) is 55.6 Å². The van der Waals surface area contributed by atoms with Crippen molar-refractivity contribution >= 4 is 33.6 Å². The number of aryl methyl sites for hydroxylation is 2. The van der Waals surface area contributed by atoms with E-state index in [9.17, 15) is 0 Å². The average Bonchev–Trinajstić information content (AvgIpc) is 2.60. The van der Waals surface area contributed by atoms with Crippen LogP contribution in [0.25, 0.3) is 0 Å². The lowest BCUT2D eigenvalue weighted by Gasteiger charge is -2.05. The molecule has 17 heavy (non-hydrogen) atoms. The van der Waals surface area contributed by atoms with Gasteiger partial charge in [-0.3, -0.25) is 4.68 Å². The monoisotopic (exact) mass is 313 g/mol. The molecule has 0 aliphatic rings. The van der Waals surface area contributed by atoms with Crippen molar-refractivity contribution in [1.82, 2.24) is 19.7 Å². The fourth-order valence-electron chi connectivity index (χ4n) is 1.32. The van der Waals surface area contributed by atoms with Crippen LogP contribution in [0.5, 0.6) is 0 Å². The molecule has 0 amide bonds. The maximum Gasteiger partial charge on any atom is 0.223 e. The summed E-state index contributed by atoms with van der Waals surface area (Å²) in [5, 5.41) is 9.14. The van der Waals surface area contributed by atoms with Crippen LogP contribution in [0.1, 0.15) is 5.69 Å². The minimum atomic E-state index is 0.606. The second-order valence-corrected chi connectivity index (χ2v) is 5.31. The molecule has 90 valence electrons. The van der Waals surface area contributed by atoms with Crippen LogP contribution in [0.4, 0.5) is 5.95 Å². The number of anilines is 1. The van der Waals surface area contributed by atoms with Crippen molar-refractivity contribution < 1.29 is 0 Å². The van der Waals surface area contributed by atoms with Gasteiger partial charge in [0.15, 0.2) is 0 Å². The molecule has 0 aliphatic heterocycles. The van der Waals surface area contributed by atoms with Crippen LogP contribution in [0.15, 0.2) is 26.8 Å². The SMILES string of the molecule is CNc1ncc(Br)c(Sc2cc(C)nn2C)n1. The molecular weight excluding hydrogens is 302 g/mol. The van der Waals surface area contributed by atoms with Crippen LogP contribution in [-0.4, -0.2) is 26.8 Å². The fraction of sp³-hybridized carbons (Fsp3) is 0.300. The Labute approximate surface area is 112 Å². The van der Waals surface area contributed by atoms with Crippen LogP contribution >= 0.6 is 27.7 Å². The summed E-state index contributed by atoms with van der Waals surface area (Å²) in [5.41, 5.74) is 0.994. The van der Waals surface area contributed by atoms with Crippen molar-refractivity contribution in [2.24, 2.45) is 7.05 Å². The van der Waals surface area contributed by atoms with E-state index in [0.717, 1.165) is 20.2 Å². The number of nitrogens with one attached hydrogen (secondary N) is 1. The Bertz CT molecular complexity index is 539. The largest absolute Gasteiger partial charge is 0.357 e. The predicted molar refractivity (Wildman–Crippen MR) is 71.3 cm³/mol. The lowest BCUT2D eigenvalue weighted by atomic mass is 10.5. The van der Waals surface area contributed by atoms with E-state index in [0.29, 0.717) is 5.95 Å². The summed E-state index contributed by atoms with van der Waals surface area (Å²) < 4.78 is 2.72. The van der Waals surface area contributed by atoms with Crippen LogP contribution in [0.2, 0.25) is 0 Å². The highest BCUT2D eigenvalue weighted by atomic mass is 79.9. The first-order valence-electron chi connectivity index (χ1n) is 4.99. The van der Waals surface area contributed by atoms with Gasteiger partial charge in [-0.2, -0.15) is 5.10 Å². The smallest absolute Gasteiger partial charge is 0.223 e. The van der Waals surface area contributed by atoms with Crippen molar-refractivity contribution in [3.05, 3.63) is 22.4 Å². The number of aromatic nitrogens is 4. The Kier molecular flexibility index (Phi) is 3.68. The summed E-state index contributed by atoms with van der Waals surface area (Å²) in [4.78, 5) is 8.51. The van der Waals surface area contributed by atoms with Crippen LogP contribution in [0.3, 0.4) is 0 Å². The minimum Gasteiger partial charge on any atom is -0.357 e. The first-order valence-corrected chi connectivity index (χ1v) is 6.60. The van der Waals surface area contributed by atoms with Crippen LogP contribution < -0.4 is 5.32 Å². The van der Waals surface area contributed by atoms with E-state index in [1.807, 2.05) is 24.7 Å². The molecule has 0 aliphatic carbocycles. The number of rotatable bonds is 3. The molecule has 2 heterocycles. The van der Waals surface area contributed by atoms with E-state index in [2.05, 4.69) is 36.3 Å². The Balaban J connectivity index is 2.32. The van der Waals surface area contributed by atoms with Gasteiger partial charge in [0.2, 0.25) is 5.95 Å². The molecule has 2 aromatic rings. The van der Waals surface area contributed by atoms with Gasteiger partial charge in [0.05, 0.1) is 10.2 Å². The molecule has 2 rings (SSSR count). The standard InChI is InChI=1S/C10H12BrN5S/c1-6-4-8(16(3)15-6)17-9-7(11)5-13-10(12-2)14-9/h4-5H,1-3H3,(H,12,13,14). The molecule has 0 fully saturated rings. The zero-order chi connectivity index (χ0) is 12.4. The van der Waals surface area contributed by atoms with E-state index >= 15 is 0 Å². The lowest BCUT2D eigenvalue weighted by molar-refractivity contribution is 0.692. The number of hydrogen-bond donors (Lipinski definition) is 1. The Morgan fingerprint density at radius 1 is 1.47 bits per heavy atom. The zero-order valence-corrected chi connectivity index (χ0v) is 12.1. The summed E-state index contributed by atoms with van der Waals surface area (Å²) in [5.74, 6) is 0.606. The molecule has 1 N–H and O–H groups in total. The summed E-state index contributed by atoms with van der Waals surface area (Å²) in [6.45, 7) is 1.97. The minimum absolute atomic E-state index is 0.606. The van der Waals surface area contributed by atoms with E-state index in [-0.39, 0.29) is 0 Å². The Morgan fingerprint density at radius 2 is 2.24 bits per heavy atom. The van der Waals surface area contributed by atoms with E-state index in [4.69, 9.17) is 0 Å². The van der Waals surface area contributed by atoms with E-state index in [1.54, 1.807) is 25.0 Å².